The molecule has 0 spiro atoms. The van der Waals surface area contributed by atoms with Crippen molar-refractivity contribution in [2.45, 2.75) is 18.9 Å². The number of hydrogen-bond acceptors (Lipinski definition) is 6. The second-order valence-electron chi connectivity index (χ2n) is 6.27. The molecule has 2 heterocycles. The maximum atomic E-state index is 12.2. The molecule has 8 nitrogen and oxygen atoms in total. The van der Waals surface area contributed by atoms with Gasteiger partial charge in [0.2, 0.25) is 0 Å². The van der Waals surface area contributed by atoms with Crippen LogP contribution in [0.25, 0.3) is 5.57 Å². The van der Waals surface area contributed by atoms with Gasteiger partial charge in [-0.2, -0.15) is 4.98 Å². The number of rotatable bonds is 6. The van der Waals surface area contributed by atoms with E-state index >= 15 is 0 Å². The fourth-order valence-electron chi connectivity index (χ4n) is 2.88. The van der Waals surface area contributed by atoms with Gasteiger partial charge in [0, 0.05) is 32.1 Å². The maximum Gasteiger partial charge on any atom is 0.292 e. The molecular formula is C18H22ClN6O2+. The van der Waals surface area contributed by atoms with E-state index in [1.165, 1.54) is 12.5 Å². The summed E-state index contributed by atoms with van der Waals surface area (Å²) < 4.78 is 4.85. The summed E-state index contributed by atoms with van der Waals surface area (Å²) in [6, 6.07) is 5.66. The first-order valence-corrected chi connectivity index (χ1v) is 9.03. The first-order chi connectivity index (χ1) is 13.1. The Morgan fingerprint density at radius 1 is 1.44 bits per heavy atom. The highest BCUT2D eigenvalue weighted by atomic mass is 35.5. The van der Waals surface area contributed by atoms with Crippen molar-refractivity contribution in [2.75, 3.05) is 24.1 Å². The minimum Gasteiger partial charge on any atom is -0.431 e. The number of halogens is 1. The molecule has 1 aliphatic heterocycles. The zero-order chi connectivity index (χ0) is 19.2. The van der Waals surface area contributed by atoms with Gasteiger partial charge in [0.1, 0.15) is 12.5 Å². The first kappa shape index (κ1) is 19.1. The lowest BCUT2D eigenvalue weighted by Crippen LogP contribution is -2.86. The van der Waals surface area contributed by atoms with Crippen molar-refractivity contribution in [2.24, 2.45) is 0 Å². The average Bonchev–Trinajstić information content (AvgIpc) is 3.12. The van der Waals surface area contributed by atoms with E-state index in [2.05, 4.69) is 20.9 Å². The number of nitrogens with zero attached hydrogens (tertiary/aromatic N) is 1. The van der Waals surface area contributed by atoms with Gasteiger partial charge in [0.25, 0.3) is 11.9 Å². The van der Waals surface area contributed by atoms with Crippen LogP contribution in [0.5, 0.6) is 0 Å². The van der Waals surface area contributed by atoms with Gasteiger partial charge in [0.05, 0.1) is 22.3 Å². The molecule has 1 aliphatic rings. The zero-order valence-electron chi connectivity index (χ0n) is 14.7. The van der Waals surface area contributed by atoms with E-state index in [-0.39, 0.29) is 11.7 Å². The highest BCUT2D eigenvalue weighted by Gasteiger charge is 2.16. The van der Waals surface area contributed by atoms with E-state index in [0.717, 1.165) is 37.1 Å². The molecule has 7 N–H and O–H groups in total. The Morgan fingerprint density at radius 3 is 2.89 bits per heavy atom. The molecule has 0 bridgehead atoms. The second kappa shape index (κ2) is 8.81. The summed E-state index contributed by atoms with van der Waals surface area (Å²) in [5.41, 5.74) is 7.41. The number of oxazole rings is 1. The van der Waals surface area contributed by atoms with Gasteiger partial charge in [-0.3, -0.25) is 4.79 Å². The number of nitrogen functional groups attached to an aromatic ring is 1. The molecule has 1 amide bonds. The average molecular weight is 390 g/mol. The number of piperidine rings is 1. The molecule has 1 saturated heterocycles. The van der Waals surface area contributed by atoms with Crippen molar-refractivity contribution in [1.82, 2.24) is 10.3 Å². The molecule has 142 valence electrons. The van der Waals surface area contributed by atoms with E-state index in [1.54, 1.807) is 12.1 Å². The van der Waals surface area contributed by atoms with Crippen LogP contribution in [-0.2, 0) is 0 Å². The summed E-state index contributed by atoms with van der Waals surface area (Å²) in [5, 5.41) is 16.3. The fraction of sp³-hybridized carbons (Fsp3) is 0.278. The van der Waals surface area contributed by atoms with Crippen molar-refractivity contribution >= 4 is 41.0 Å². The molecule has 0 radical (unpaired) electrons. The van der Waals surface area contributed by atoms with Gasteiger partial charge in [0.15, 0.2) is 5.69 Å². The van der Waals surface area contributed by atoms with Gasteiger partial charge in [-0.15, -0.1) is 0 Å². The number of amides is 1. The first-order valence-electron chi connectivity index (χ1n) is 8.65. The third-order valence-corrected chi connectivity index (χ3v) is 4.72. The summed E-state index contributed by atoms with van der Waals surface area (Å²) in [6.45, 7) is 2.03. The predicted molar refractivity (Wildman–Crippen MR) is 105 cm³/mol. The number of quaternary nitrogens is 1. The Bertz CT molecular complexity index is 857. The molecule has 1 aromatic heterocycles. The van der Waals surface area contributed by atoms with Crippen molar-refractivity contribution in [3.8, 4) is 0 Å². The SMILES string of the molecule is N=CC(=C[NH2+]C1CCNCC1)c1ccc(Cl)c(NC(=O)c2coc(N)n2)c1. The van der Waals surface area contributed by atoms with Crippen molar-refractivity contribution < 1.29 is 14.5 Å². The summed E-state index contributed by atoms with van der Waals surface area (Å²) >= 11 is 6.21. The predicted octanol–water partition coefficient (Wildman–Crippen LogP) is 1.47. The Labute approximate surface area is 161 Å². The molecule has 1 fully saturated rings. The summed E-state index contributed by atoms with van der Waals surface area (Å²) in [5.74, 6) is -0.476. The molecule has 0 unspecified atom stereocenters. The molecular weight excluding hydrogens is 368 g/mol. The molecule has 3 rings (SSSR count). The zero-order valence-corrected chi connectivity index (χ0v) is 15.4. The lowest BCUT2D eigenvalue weighted by Gasteiger charge is -2.19. The fourth-order valence-corrected chi connectivity index (χ4v) is 3.05. The third-order valence-electron chi connectivity index (χ3n) is 4.39. The number of benzene rings is 1. The number of carbonyl (C=O) groups is 1. The normalized spacial score (nSPS) is 15.5. The summed E-state index contributed by atoms with van der Waals surface area (Å²) in [7, 11) is 0. The quantitative estimate of drug-likeness (QED) is 0.477. The lowest BCUT2D eigenvalue weighted by atomic mass is 10.0. The largest absolute Gasteiger partial charge is 0.431 e. The molecule has 2 aromatic rings. The van der Waals surface area contributed by atoms with Crippen molar-refractivity contribution in [3.63, 3.8) is 0 Å². The minimum atomic E-state index is -0.476. The number of carbonyl (C=O) groups excluding carboxylic acids is 1. The Morgan fingerprint density at radius 2 is 2.22 bits per heavy atom. The smallest absolute Gasteiger partial charge is 0.292 e. The van der Waals surface area contributed by atoms with Crippen LogP contribution in [0.1, 0.15) is 28.9 Å². The number of anilines is 2. The maximum absolute atomic E-state index is 12.2. The number of allylic oxidation sites excluding steroid dienone is 1. The van der Waals surface area contributed by atoms with Crippen LogP contribution in [0.2, 0.25) is 5.02 Å². The van der Waals surface area contributed by atoms with Gasteiger partial charge in [-0.1, -0.05) is 17.7 Å². The molecule has 0 atom stereocenters. The van der Waals surface area contributed by atoms with E-state index in [1.807, 2.05) is 12.3 Å². The highest BCUT2D eigenvalue weighted by Crippen LogP contribution is 2.26. The van der Waals surface area contributed by atoms with Gasteiger partial charge >= 0.3 is 0 Å². The summed E-state index contributed by atoms with van der Waals surface area (Å²) in [4.78, 5) is 16.0. The molecule has 0 saturated carbocycles. The Hall–Kier alpha value is -2.68. The Kier molecular flexibility index (Phi) is 6.23. The highest BCUT2D eigenvalue weighted by molar-refractivity contribution is 6.34. The Balaban J connectivity index is 1.76. The molecule has 9 heteroatoms. The van der Waals surface area contributed by atoms with E-state index in [4.69, 9.17) is 27.2 Å². The van der Waals surface area contributed by atoms with Crippen molar-refractivity contribution in [3.05, 3.63) is 46.9 Å². The molecule has 0 aliphatic carbocycles. The van der Waals surface area contributed by atoms with Crippen LogP contribution < -0.4 is 21.7 Å². The van der Waals surface area contributed by atoms with Crippen LogP contribution in [-0.4, -0.2) is 36.2 Å². The van der Waals surface area contributed by atoms with E-state index in [9.17, 15) is 4.79 Å². The molecule has 27 heavy (non-hydrogen) atoms. The van der Waals surface area contributed by atoms with Gasteiger partial charge < -0.3 is 31.5 Å². The number of aromatic nitrogens is 1. The minimum absolute atomic E-state index is 0.0658. The standard InChI is InChI=1S/C18H21ClN6O2/c19-14-2-1-11(12(8-20)9-23-13-3-5-22-6-4-13)7-15(14)24-17(26)16-10-27-18(21)25-16/h1-2,7-10,13,20,22-23H,3-6H2,(H2,21,25)(H,24,26)/p+1. The molecule has 1 aromatic carbocycles. The third kappa shape index (κ3) is 4.94. The van der Waals surface area contributed by atoms with Crippen LogP contribution >= 0.6 is 11.6 Å². The van der Waals surface area contributed by atoms with E-state index in [0.29, 0.717) is 16.8 Å². The number of nitrogens with one attached hydrogen (secondary N) is 3. The lowest BCUT2D eigenvalue weighted by molar-refractivity contribution is -0.627. The number of nitrogens with two attached hydrogens (primary N) is 2. The van der Waals surface area contributed by atoms with Crippen LogP contribution in [0, 0.1) is 5.41 Å². The second-order valence-corrected chi connectivity index (χ2v) is 6.67. The van der Waals surface area contributed by atoms with Crippen molar-refractivity contribution in [1.29, 1.82) is 5.41 Å². The number of hydrogen-bond donors (Lipinski definition) is 5. The van der Waals surface area contributed by atoms with Gasteiger partial charge in [-0.25, -0.2) is 0 Å². The van der Waals surface area contributed by atoms with Crippen LogP contribution in [0.15, 0.2) is 35.1 Å². The monoisotopic (exact) mass is 389 g/mol. The van der Waals surface area contributed by atoms with Crippen LogP contribution in [0.4, 0.5) is 11.7 Å². The van der Waals surface area contributed by atoms with E-state index < -0.39 is 5.91 Å². The van der Waals surface area contributed by atoms with Gasteiger partial charge in [-0.05, 0) is 17.7 Å². The topological polar surface area (TPSA) is 134 Å². The van der Waals surface area contributed by atoms with Crippen LogP contribution in [0.3, 0.4) is 0 Å². The summed E-state index contributed by atoms with van der Waals surface area (Å²) in [6.07, 6.45) is 6.61.